The van der Waals surface area contributed by atoms with Gasteiger partial charge in [0.05, 0.1) is 19.0 Å². The van der Waals surface area contributed by atoms with Crippen molar-refractivity contribution in [1.82, 2.24) is 62.6 Å². The summed E-state index contributed by atoms with van der Waals surface area (Å²) in [5.74, 6) is -13.2. The van der Waals surface area contributed by atoms with Crippen LogP contribution in [0.5, 0.6) is 0 Å². The van der Waals surface area contributed by atoms with Gasteiger partial charge >= 0.3 is 5.97 Å². The molecular weight excluding hydrogens is 1180 g/mol. The van der Waals surface area contributed by atoms with E-state index in [4.69, 9.17) is 17.2 Å². The van der Waals surface area contributed by atoms with Crippen molar-refractivity contribution in [2.45, 2.75) is 173 Å². The minimum Gasteiger partial charge on any atom is -0.481 e. The smallest absolute Gasteiger partial charge is 0.305 e. The van der Waals surface area contributed by atoms with Gasteiger partial charge in [-0.2, -0.15) is 0 Å². The SMILES string of the molecule is CC(C)[C@H](NC(=O)CNC(=O)[C@@H]1CSSC[C@H](NC(=O)[C@@H](NC(=O)[C@@H](N)CC(=O)O)C(C)C)C(=O)N[C@@H](C)C(=O)N[C@@H](C(C)C)C(=O)N2CCC[C@H]2C(=O)N2CCC[C@@H]2C(=O)N[C@@H](Cc2c[nH]c3ccccc23)C(=O)N[C@@H](CCCCN)C(=O)N1)C(N)=O. The van der Waals surface area contributed by atoms with Crippen LogP contribution in [0.2, 0.25) is 0 Å². The van der Waals surface area contributed by atoms with Crippen molar-refractivity contribution in [3.8, 4) is 0 Å². The molecule has 0 spiro atoms. The summed E-state index contributed by atoms with van der Waals surface area (Å²) >= 11 is 0. The highest BCUT2D eigenvalue weighted by atomic mass is 33.1. The average Bonchev–Trinajstić information content (AvgIpc) is 3.06. The second-order valence-electron chi connectivity index (χ2n) is 23.3. The van der Waals surface area contributed by atoms with E-state index in [0.717, 1.165) is 32.5 Å². The summed E-state index contributed by atoms with van der Waals surface area (Å²) in [6, 6.07) is -7.17. The molecule has 0 radical (unpaired) electrons. The van der Waals surface area contributed by atoms with E-state index in [-0.39, 0.29) is 56.8 Å². The van der Waals surface area contributed by atoms with E-state index >= 15 is 0 Å². The Labute approximate surface area is 518 Å². The summed E-state index contributed by atoms with van der Waals surface area (Å²) in [6.07, 6.45) is 2.83. The van der Waals surface area contributed by atoms with E-state index < -0.39 is 174 Å². The minimum atomic E-state index is -1.54. The van der Waals surface area contributed by atoms with Gasteiger partial charge in [-0.25, -0.2) is 0 Å². The molecule has 12 amide bonds. The molecule has 0 saturated carbocycles. The number of nitrogens with two attached hydrogens (primary N) is 3. The maximum Gasteiger partial charge on any atom is 0.305 e. The van der Waals surface area contributed by atoms with E-state index in [9.17, 15) is 67.4 Å². The number of rotatable bonds is 20. The van der Waals surface area contributed by atoms with Gasteiger partial charge in [-0.05, 0) is 87.8 Å². The molecule has 5 rings (SSSR count). The number of carboxylic acids is 1. The fourth-order valence-electron chi connectivity index (χ4n) is 10.5. The Bertz CT molecular complexity index is 2870. The monoisotopic (exact) mass is 1270 g/mol. The molecular formula is C57H87N15O14S2. The van der Waals surface area contributed by atoms with Crippen molar-refractivity contribution in [3.63, 3.8) is 0 Å². The average molecular weight is 1270 g/mol. The number of nitrogens with zero attached hydrogens (tertiary/aromatic N) is 2. The minimum absolute atomic E-state index is 0.0136. The third-order valence-electron chi connectivity index (χ3n) is 15.5. The molecule has 1 aromatic carbocycles. The van der Waals surface area contributed by atoms with Crippen molar-refractivity contribution in [2.75, 3.05) is 37.7 Å². The van der Waals surface area contributed by atoms with Crippen molar-refractivity contribution in [1.29, 1.82) is 0 Å². The molecule has 0 bridgehead atoms. The zero-order chi connectivity index (χ0) is 65.1. The highest BCUT2D eigenvalue weighted by Crippen LogP contribution is 2.28. The highest BCUT2D eigenvalue weighted by molar-refractivity contribution is 8.76. The lowest BCUT2D eigenvalue weighted by Crippen LogP contribution is -2.61. The molecule has 3 fully saturated rings. The number of primary amides is 1. The van der Waals surface area contributed by atoms with Crippen LogP contribution in [0, 0.1) is 17.8 Å². The number of benzene rings is 1. The number of carbonyl (C=O) groups excluding carboxylic acids is 12. The van der Waals surface area contributed by atoms with Gasteiger partial charge in [-0.15, -0.1) is 0 Å². The molecule has 4 heterocycles. The predicted molar refractivity (Wildman–Crippen MR) is 327 cm³/mol. The molecule has 11 atom stereocenters. The molecule has 486 valence electrons. The van der Waals surface area contributed by atoms with Gasteiger partial charge < -0.3 is 84.9 Å². The molecule has 17 N–H and O–H groups in total. The van der Waals surface area contributed by atoms with Gasteiger partial charge in [0.25, 0.3) is 0 Å². The Kier molecular flexibility index (Phi) is 27.3. The number of H-pyrrole nitrogens is 1. The molecule has 3 saturated heterocycles. The van der Waals surface area contributed by atoms with Gasteiger partial charge in [0.15, 0.2) is 0 Å². The molecule has 3 aliphatic heterocycles. The number of hydrogen-bond acceptors (Lipinski definition) is 17. The fourth-order valence-corrected chi connectivity index (χ4v) is 12.8. The van der Waals surface area contributed by atoms with Crippen molar-refractivity contribution in [2.24, 2.45) is 35.0 Å². The summed E-state index contributed by atoms with van der Waals surface area (Å²) < 4.78 is 0. The second-order valence-corrected chi connectivity index (χ2v) is 25.9. The molecule has 3 aliphatic rings. The van der Waals surface area contributed by atoms with Gasteiger partial charge in [0, 0.05) is 48.1 Å². The lowest BCUT2D eigenvalue weighted by molar-refractivity contribution is -0.148. The number of carbonyl (C=O) groups is 13. The zero-order valence-electron chi connectivity index (χ0n) is 50.8. The van der Waals surface area contributed by atoms with Crippen LogP contribution in [0.15, 0.2) is 30.5 Å². The standard InChI is InChI=1S/C57H87N15O14S2/c1-28(2)44(47(60)76)68-42(73)25-62-50(79)38-26-87-88-27-39(67-55(84)45(29(3)4)69-49(78)34(59)23-43(74)75)53(82)63-31(7)48(77)70-46(30(5)6)57(86)72-21-13-18-41(72)56(85)71-20-12-17-40(71)54(83)65-37(22-32-24-61-35-15-9-8-14-33(32)35)52(81)64-36(51(80)66-38)16-10-11-19-58/h8-9,14-15,24,28-31,34,36-41,44-46,61H,10-13,16-23,25-27,58-59H2,1-7H3,(H2,60,76)(H,62,79)(H,63,82)(H,64,81)(H,65,83)(H,66,80)(H,67,84)(H,68,73)(H,69,78)(H,70,77)(H,74,75)/t31-,34-,36-,37-,38-,39-,40+,41-,44-,45-,46-/m0/s1. The normalized spacial score (nSPS) is 24.2. The molecule has 88 heavy (non-hydrogen) atoms. The molecule has 0 unspecified atom stereocenters. The zero-order valence-corrected chi connectivity index (χ0v) is 52.4. The van der Waals surface area contributed by atoms with Gasteiger partial charge in [0.1, 0.15) is 60.4 Å². The number of hydrogen-bond donors (Lipinski definition) is 14. The van der Waals surface area contributed by atoms with Crippen LogP contribution in [0.3, 0.4) is 0 Å². The number of aromatic nitrogens is 1. The van der Waals surface area contributed by atoms with Gasteiger partial charge in [-0.1, -0.05) is 81.3 Å². The number of amides is 12. The van der Waals surface area contributed by atoms with Gasteiger partial charge in [0.2, 0.25) is 70.9 Å². The van der Waals surface area contributed by atoms with Crippen molar-refractivity contribution >= 4 is 109 Å². The molecule has 31 heteroatoms. The van der Waals surface area contributed by atoms with E-state index in [2.05, 4.69) is 52.8 Å². The summed E-state index contributed by atoms with van der Waals surface area (Å²) in [6.45, 7) is 11.0. The van der Waals surface area contributed by atoms with Crippen molar-refractivity contribution < 1.29 is 67.4 Å². The maximum atomic E-state index is 14.9. The lowest BCUT2D eigenvalue weighted by atomic mass is 10.0. The number of nitrogens with one attached hydrogen (secondary N) is 10. The topological polar surface area (TPSA) is 451 Å². The van der Waals surface area contributed by atoms with Crippen LogP contribution in [0.25, 0.3) is 10.9 Å². The Morgan fingerprint density at radius 1 is 0.716 bits per heavy atom. The number of fused-ring (bicyclic) bond motifs is 3. The molecule has 2 aromatic rings. The highest BCUT2D eigenvalue weighted by Gasteiger charge is 2.45. The summed E-state index contributed by atoms with van der Waals surface area (Å²) in [7, 11) is 1.84. The first-order chi connectivity index (χ1) is 41.6. The molecule has 29 nitrogen and oxygen atoms in total. The van der Waals surface area contributed by atoms with E-state index in [1.54, 1.807) is 53.8 Å². The number of aliphatic carboxylic acids is 1. The van der Waals surface area contributed by atoms with E-state index in [0.29, 0.717) is 31.2 Å². The van der Waals surface area contributed by atoms with Crippen LogP contribution in [0.1, 0.15) is 105 Å². The summed E-state index contributed by atoms with van der Waals surface area (Å²) in [4.78, 5) is 186. The van der Waals surface area contributed by atoms with Crippen LogP contribution < -0.4 is 65.1 Å². The lowest BCUT2D eigenvalue weighted by Gasteiger charge is -2.34. The Balaban J connectivity index is 1.56. The number of para-hydroxylation sites is 1. The molecule has 1 aromatic heterocycles. The second kappa shape index (κ2) is 33.7. The van der Waals surface area contributed by atoms with Crippen LogP contribution >= 0.6 is 21.6 Å². The van der Waals surface area contributed by atoms with E-state index in [1.165, 1.54) is 16.7 Å². The number of carboxylic acid groups (broad SMARTS) is 1. The molecule has 0 aliphatic carbocycles. The number of unbranched alkanes of at least 4 members (excludes halogenated alkanes) is 1. The fraction of sp³-hybridized carbons (Fsp3) is 0.632. The van der Waals surface area contributed by atoms with Gasteiger partial charge in [-0.3, -0.25) is 62.3 Å². The Morgan fingerprint density at radius 2 is 1.34 bits per heavy atom. The van der Waals surface area contributed by atoms with E-state index in [1.807, 2.05) is 18.2 Å². The summed E-state index contributed by atoms with van der Waals surface area (Å²) in [5, 5.41) is 33.6. The van der Waals surface area contributed by atoms with Crippen LogP contribution in [0.4, 0.5) is 0 Å². The van der Waals surface area contributed by atoms with Crippen molar-refractivity contribution in [3.05, 3.63) is 36.0 Å². The third kappa shape index (κ3) is 20.0. The maximum absolute atomic E-state index is 14.9. The first-order valence-electron chi connectivity index (χ1n) is 29.7. The van der Waals surface area contributed by atoms with Crippen LogP contribution in [-0.4, -0.2) is 201 Å². The summed E-state index contributed by atoms with van der Waals surface area (Å²) in [5.41, 5.74) is 18.6. The Morgan fingerprint density at radius 3 is 1.98 bits per heavy atom. The third-order valence-corrected chi connectivity index (χ3v) is 17.9. The first-order valence-corrected chi connectivity index (χ1v) is 32.2. The van der Waals surface area contributed by atoms with Crippen LogP contribution in [-0.2, 0) is 68.7 Å². The first kappa shape index (κ1) is 71.2. The predicted octanol–water partition coefficient (Wildman–Crippen LogP) is -2.51. The number of aromatic amines is 1. The Hall–Kier alpha value is -7.51. The largest absolute Gasteiger partial charge is 0.481 e. The quantitative estimate of drug-likeness (QED) is 0.0481.